The van der Waals surface area contributed by atoms with Crippen molar-refractivity contribution in [3.63, 3.8) is 0 Å². The Hall–Kier alpha value is -1.59. The largest absolute Gasteiger partial charge is 0.408 e. The van der Waals surface area contributed by atoms with Gasteiger partial charge in [0.1, 0.15) is 6.04 Å². The van der Waals surface area contributed by atoms with Crippen LogP contribution in [0.4, 0.5) is 6.01 Å². The van der Waals surface area contributed by atoms with Crippen molar-refractivity contribution in [2.75, 3.05) is 5.32 Å². The average Bonchev–Trinajstić information content (AvgIpc) is 2.70. The van der Waals surface area contributed by atoms with Gasteiger partial charge in [0.15, 0.2) is 0 Å². The lowest BCUT2D eigenvalue weighted by Crippen LogP contribution is -2.40. The zero-order valence-electron chi connectivity index (χ0n) is 10.8. The van der Waals surface area contributed by atoms with Gasteiger partial charge in [0.2, 0.25) is 11.8 Å². The minimum Gasteiger partial charge on any atom is -0.408 e. The number of anilines is 1. The van der Waals surface area contributed by atoms with Gasteiger partial charge in [0.25, 0.3) is 0 Å². The van der Waals surface area contributed by atoms with Crippen molar-refractivity contribution in [2.45, 2.75) is 51.5 Å². The molecular weight excluding hydrogens is 232 g/mol. The van der Waals surface area contributed by atoms with E-state index in [1.165, 1.54) is 6.42 Å². The lowest BCUT2D eigenvalue weighted by atomic mass is 9.85. The number of carbonyl (C=O) groups is 1. The van der Waals surface area contributed by atoms with Gasteiger partial charge in [-0.25, -0.2) is 0 Å². The van der Waals surface area contributed by atoms with E-state index in [4.69, 9.17) is 10.2 Å². The quantitative estimate of drug-likeness (QED) is 0.802. The second kappa shape index (κ2) is 5.37. The fraction of sp³-hybridized carbons (Fsp3) is 0.750. The van der Waals surface area contributed by atoms with Gasteiger partial charge in [0, 0.05) is 5.92 Å². The van der Waals surface area contributed by atoms with E-state index in [1.807, 2.05) is 13.8 Å². The molecule has 18 heavy (non-hydrogen) atoms. The van der Waals surface area contributed by atoms with Crippen molar-refractivity contribution in [1.82, 2.24) is 10.2 Å². The molecule has 1 heterocycles. The van der Waals surface area contributed by atoms with E-state index in [-0.39, 0.29) is 5.92 Å². The Kier molecular flexibility index (Phi) is 3.84. The van der Waals surface area contributed by atoms with E-state index in [9.17, 15) is 4.79 Å². The smallest absolute Gasteiger partial charge is 0.316 e. The fourth-order valence-corrected chi connectivity index (χ4v) is 1.98. The minimum absolute atomic E-state index is 0.126. The summed E-state index contributed by atoms with van der Waals surface area (Å²) in [4.78, 5) is 11.4. The monoisotopic (exact) mass is 252 g/mol. The highest BCUT2D eigenvalue weighted by Gasteiger charge is 2.27. The highest BCUT2D eigenvalue weighted by atomic mass is 16.4. The topological polar surface area (TPSA) is 94.0 Å². The van der Waals surface area contributed by atoms with E-state index < -0.39 is 11.9 Å². The van der Waals surface area contributed by atoms with Crippen LogP contribution in [-0.4, -0.2) is 22.1 Å². The summed E-state index contributed by atoms with van der Waals surface area (Å²) in [5.41, 5.74) is 5.37. The molecule has 0 radical (unpaired) electrons. The number of nitrogens with zero attached hydrogens (tertiary/aromatic N) is 2. The van der Waals surface area contributed by atoms with Gasteiger partial charge in [-0.3, -0.25) is 4.79 Å². The van der Waals surface area contributed by atoms with Crippen LogP contribution >= 0.6 is 0 Å². The van der Waals surface area contributed by atoms with E-state index in [0.29, 0.717) is 17.8 Å². The summed E-state index contributed by atoms with van der Waals surface area (Å²) in [6, 6.07) is -0.175. The second-order valence-electron chi connectivity index (χ2n) is 4.98. The summed E-state index contributed by atoms with van der Waals surface area (Å²) in [7, 11) is 0. The van der Waals surface area contributed by atoms with Crippen LogP contribution in [0.3, 0.4) is 0 Å². The molecule has 100 valence electrons. The zero-order chi connectivity index (χ0) is 13.1. The number of nitrogens with one attached hydrogen (secondary N) is 1. The van der Waals surface area contributed by atoms with Crippen LogP contribution in [0.5, 0.6) is 0 Å². The van der Waals surface area contributed by atoms with Crippen LogP contribution in [-0.2, 0) is 4.79 Å². The van der Waals surface area contributed by atoms with Crippen LogP contribution in [0.2, 0.25) is 0 Å². The van der Waals surface area contributed by atoms with Crippen molar-refractivity contribution < 1.29 is 9.21 Å². The molecule has 1 aliphatic rings. The standard InChI is InChI=1S/C12H20N4O2/c1-3-7(2)9(10(13)17)14-12-16-15-11(18-12)8-5-4-6-8/h7-9H,3-6H2,1-2H3,(H2,13,17)(H,14,16)/t7-,9-/m0/s1. The Labute approximate surface area is 106 Å². The van der Waals surface area contributed by atoms with E-state index in [1.54, 1.807) is 0 Å². The number of nitrogens with two attached hydrogens (primary N) is 1. The summed E-state index contributed by atoms with van der Waals surface area (Å²) >= 11 is 0. The Morgan fingerprint density at radius 3 is 2.78 bits per heavy atom. The third kappa shape index (κ3) is 2.63. The zero-order valence-corrected chi connectivity index (χ0v) is 10.8. The van der Waals surface area contributed by atoms with Crippen LogP contribution in [0.25, 0.3) is 0 Å². The number of aromatic nitrogens is 2. The molecule has 2 rings (SSSR count). The van der Waals surface area contributed by atoms with Crippen molar-refractivity contribution in [3.8, 4) is 0 Å². The summed E-state index contributed by atoms with van der Waals surface area (Å²) in [6.45, 7) is 3.97. The molecule has 0 bridgehead atoms. The molecule has 0 saturated heterocycles. The third-order valence-electron chi connectivity index (χ3n) is 3.69. The fourth-order valence-electron chi connectivity index (χ4n) is 1.98. The van der Waals surface area contributed by atoms with Gasteiger partial charge in [-0.2, -0.15) is 0 Å². The number of amides is 1. The molecule has 1 aliphatic carbocycles. The number of rotatable bonds is 6. The normalized spacial score (nSPS) is 19.0. The molecule has 1 saturated carbocycles. The van der Waals surface area contributed by atoms with Crippen molar-refractivity contribution in [2.24, 2.45) is 11.7 Å². The molecule has 0 unspecified atom stereocenters. The Morgan fingerprint density at radius 1 is 1.56 bits per heavy atom. The van der Waals surface area contributed by atoms with Crippen molar-refractivity contribution in [3.05, 3.63) is 5.89 Å². The molecule has 1 amide bonds. The first-order chi connectivity index (χ1) is 8.61. The molecule has 2 atom stereocenters. The molecule has 1 fully saturated rings. The predicted molar refractivity (Wildman–Crippen MR) is 67.0 cm³/mol. The Bertz CT molecular complexity index is 414. The maximum atomic E-state index is 11.4. The molecule has 6 nitrogen and oxygen atoms in total. The minimum atomic E-state index is -0.468. The van der Waals surface area contributed by atoms with Crippen LogP contribution in [0.1, 0.15) is 51.3 Å². The van der Waals surface area contributed by atoms with E-state index in [0.717, 1.165) is 19.3 Å². The Balaban J connectivity index is 2.02. The molecule has 1 aromatic heterocycles. The van der Waals surface area contributed by atoms with Gasteiger partial charge < -0.3 is 15.5 Å². The molecular formula is C12H20N4O2. The average molecular weight is 252 g/mol. The first-order valence-corrected chi connectivity index (χ1v) is 6.51. The van der Waals surface area contributed by atoms with Crippen LogP contribution in [0, 0.1) is 5.92 Å². The summed E-state index contributed by atoms with van der Waals surface area (Å²) in [5.74, 6) is 0.786. The van der Waals surface area contributed by atoms with Crippen molar-refractivity contribution in [1.29, 1.82) is 0 Å². The lowest BCUT2D eigenvalue weighted by Gasteiger charge is -2.21. The summed E-state index contributed by atoms with van der Waals surface area (Å²) in [6.07, 6.45) is 4.27. The molecule has 3 N–H and O–H groups in total. The molecule has 0 aromatic carbocycles. The van der Waals surface area contributed by atoms with Gasteiger partial charge in [-0.15, -0.1) is 5.10 Å². The van der Waals surface area contributed by atoms with Gasteiger partial charge >= 0.3 is 6.01 Å². The summed E-state index contributed by atoms with van der Waals surface area (Å²) in [5, 5.41) is 10.9. The molecule has 0 spiro atoms. The first kappa shape index (κ1) is 12.9. The van der Waals surface area contributed by atoms with Crippen LogP contribution < -0.4 is 11.1 Å². The molecule has 6 heteroatoms. The predicted octanol–water partition coefficient (Wildman–Crippen LogP) is 1.65. The molecule has 0 aliphatic heterocycles. The first-order valence-electron chi connectivity index (χ1n) is 6.51. The number of hydrogen-bond acceptors (Lipinski definition) is 5. The highest BCUT2D eigenvalue weighted by molar-refractivity contribution is 5.82. The second-order valence-corrected chi connectivity index (χ2v) is 4.98. The summed E-state index contributed by atoms with van der Waals surface area (Å²) < 4.78 is 5.52. The third-order valence-corrected chi connectivity index (χ3v) is 3.69. The maximum absolute atomic E-state index is 11.4. The maximum Gasteiger partial charge on any atom is 0.316 e. The van der Waals surface area contributed by atoms with Crippen LogP contribution in [0.15, 0.2) is 4.42 Å². The van der Waals surface area contributed by atoms with Crippen molar-refractivity contribution >= 4 is 11.9 Å². The number of carbonyl (C=O) groups excluding carboxylic acids is 1. The van der Waals surface area contributed by atoms with Gasteiger partial charge in [0.05, 0.1) is 0 Å². The Morgan fingerprint density at radius 2 is 2.28 bits per heavy atom. The van der Waals surface area contributed by atoms with Gasteiger partial charge in [-0.1, -0.05) is 31.8 Å². The number of primary amides is 1. The van der Waals surface area contributed by atoms with E-state index in [2.05, 4.69) is 15.5 Å². The SMILES string of the molecule is CC[C@H](C)[C@H](Nc1nnc(C2CCC2)o1)C(N)=O. The number of hydrogen-bond donors (Lipinski definition) is 2. The lowest BCUT2D eigenvalue weighted by molar-refractivity contribution is -0.119. The van der Waals surface area contributed by atoms with Gasteiger partial charge in [-0.05, 0) is 18.8 Å². The van der Waals surface area contributed by atoms with E-state index >= 15 is 0 Å². The highest BCUT2D eigenvalue weighted by Crippen LogP contribution is 2.35. The molecule has 1 aromatic rings.